The lowest BCUT2D eigenvalue weighted by molar-refractivity contribution is -0.142. The fourth-order valence-corrected chi connectivity index (χ4v) is 1.82. The van der Waals surface area contributed by atoms with Crippen LogP contribution in [0.5, 0.6) is 0 Å². The van der Waals surface area contributed by atoms with E-state index in [2.05, 4.69) is 15.4 Å². The van der Waals surface area contributed by atoms with E-state index in [0.29, 0.717) is 5.75 Å². The largest absolute Gasteiger partial charge is 0.480 e. The molecule has 0 saturated heterocycles. The van der Waals surface area contributed by atoms with Crippen molar-refractivity contribution in [3.63, 3.8) is 0 Å². The number of hydrogen-bond acceptors (Lipinski definition) is 7. The molecule has 0 aromatic heterocycles. The van der Waals surface area contributed by atoms with Crippen molar-refractivity contribution >= 4 is 35.5 Å². The van der Waals surface area contributed by atoms with Crippen molar-refractivity contribution in [1.82, 2.24) is 10.6 Å². The van der Waals surface area contributed by atoms with Gasteiger partial charge in [-0.2, -0.15) is 11.8 Å². The van der Waals surface area contributed by atoms with Crippen molar-refractivity contribution in [3.05, 3.63) is 12.2 Å². The highest BCUT2D eigenvalue weighted by Crippen LogP contribution is 2.01. The standard InChI is InChI=1S/C13H21N3O6S/c1-22-11(18)4-3-10(17)15-7-8(14)12(19)16-9(13(20)21)5-6-23-2/h3-4,8-9H,5-7,14H2,1-2H3,(H,15,17)(H,16,19)(H,20,21)/b4-3+/t8-,9-/m0/s1. The molecule has 9 nitrogen and oxygen atoms in total. The Morgan fingerprint density at radius 2 is 1.96 bits per heavy atom. The van der Waals surface area contributed by atoms with Crippen LogP contribution >= 0.6 is 11.8 Å². The molecule has 0 aromatic rings. The fraction of sp³-hybridized carbons (Fsp3) is 0.538. The van der Waals surface area contributed by atoms with E-state index < -0.39 is 35.8 Å². The highest BCUT2D eigenvalue weighted by Gasteiger charge is 2.22. The average molecular weight is 347 g/mol. The number of carbonyl (C=O) groups is 4. The smallest absolute Gasteiger partial charge is 0.330 e. The molecule has 23 heavy (non-hydrogen) atoms. The van der Waals surface area contributed by atoms with E-state index in [4.69, 9.17) is 10.8 Å². The summed E-state index contributed by atoms with van der Waals surface area (Å²) in [4.78, 5) is 45.0. The lowest BCUT2D eigenvalue weighted by Crippen LogP contribution is -2.52. The maximum atomic E-state index is 11.8. The van der Waals surface area contributed by atoms with Crippen LogP contribution in [0.1, 0.15) is 6.42 Å². The van der Waals surface area contributed by atoms with Crippen LogP contribution in [0.3, 0.4) is 0 Å². The summed E-state index contributed by atoms with van der Waals surface area (Å²) in [6.45, 7) is -0.203. The molecule has 0 aliphatic carbocycles. The van der Waals surface area contributed by atoms with E-state index in [0.717, 1.165) is 12.2 Å². The van der Waals surface area contributed by atoms with Crippen LogP contribution in [0.25, 0.3) is 0 Å². The van der Waals surface area contributed by atoms with Crippen molar-refractivity contribution in [2.45, 2.75) is 18.5 Å². The summed E-state index contributed by atoms with van der Waals surface area (Å²) in [6, 6.07) is -2.14. The Kier molecular flexibility index (Phi) is 10.5. The minimum atomic E-state index is -1.15. The molecule has 0 aromatic carbocycles. The average Bonchev–Trinajstić information content (AvgIpc) is 2.53. The summed E-state index contributed by atoms with van der Waals surface area (Å²) < 4.78 is 4.31. The minimum absolute atomic E-state index is 0.203. The van der Waals surface area contributed by atoms with Crippen LogP contribution in [-0.2, 0) is 23.9 Å². The second-order valence-corrected chi connectivity index (χ2v) is 5.37. The SMILES string of the molecule is COC(=O)/C=C/C(=O)NC[C@H](N)C(=O)N[C@@H](CCSC)C(=O)O. The molecule has 2 amide bonds. The summed E-state index contributed by atoms with van der Waals surface area (Å²) in [7, 11) is 1.17. The number of carbonyl (C=O) groups excluding carboxylic acids is 3. The molecule has 5 N–H and O–H groups in total. The Balaban J connectivity index is 4.33. The molecule has 0 unspecified atom stereocenters. The van der Waals surface area contributed by atoms with Gasteiger partial charge in [0.25, 0.3) is 0 Å². The zero-order chi connectivity index (χ0) is 17.8. The van der Waals surface area contributed by atoms with Gasteiger partial charge in [-0.3, -0.25) is 9.59 Å². The third-order valence-corrected chi connectivity index (χ3v) is 3.27. The predicted molar refractivity (Wildman–Crippen MR) is 84.7 cm³/mol. The van der Waals surface area contributed by atoms with Gasteiger partial charge in [-0.1, -0.05) is 0 Å². The van der Waals surface area contributed by atoms with Gasteiger partial charge in [0.15, 0.2) is 0 Å². The molecule has 0 aliphatic rings. The molecule has 0 fully saturated rings. The monoisotopic (exact) mass is 347 g/mol. The molecule has 2 atom stereocenters. The number of nitrogens with two attached hydrogens (primary N) is 1. The van der Waals surface area contributed by atoms with Crippen LogP contribution in [-0.4, -0.2) is 66.6 Å². The molecular weight excluding hydrogens is 326 g/mol. The Morgan fingerprint density at radius 3 is 2.48 bits per heavy atom. The van der Waals surface area contributed by atoms with E-state index >= 15 is 0 Å². The van der Waals surface area contributed by atoms with Gasteiger partial charge in [0.1, 0.15) is 12.1 Å². The van der Waals surface area contributed by atoms with Crippen LogP contribution in [0.2, 0.25) is 0 Å². The number of rotatable bonds is 10. The molecule has 0 radical (unpaired) electrons. The summed E-state index contributed by atoms with van der Waals surface area (Å²) in [5.74, 6) is -2.59. The van der Waals surface area contributed by atoms with E-state index in [-0.39, 0.29) is 13.0 Å². The van der Waals surface area contributed by atoms with Gasteiger partial charge in [-0.05, 0) is 18.4 Å². The molecule has 130 valence electrons. The number of esters is 1. The van der Waals surface area contributed by atoms with Crippen molar-refractivity contribution < 1.29 is 29.0 Å². The molecular formula is C13H21N3O6S. The first-order chi connectivity index (χ1) is 10.8. The Labute approximate surface area is 138 Å². The fourth-order valence-electron chi connectivity index (χ4n) is 1.35. The van der Waals surface area contributed by atoms with Gasteiger partial charge in [-0.15, -0.1) is 0 Å². The molecule has 0 saturated carbocycles. The summed E-state index contributed by atoms with van der Waals surface area (Å²) in [5.41, 5.74) is 5.58. The number of nitrogens with one attached hydrogen (secondary N) is 2. The highest BCUT2D eigenvalue weighted by atomic mass is 32.2. The number of aliphatic carboxylic acids is 1. The number of ether oxygens (including phenoxy) is 1. The molecule has 10 heteroatoms. The Morgan fingerprint density at radius 1 is 1.30 bits per heavy atom. The lowest BCUT2D eigenvalue weighted by atomic mass is 10.2. The third kappa shape index (κ3) is 9.53. The van der Waals surface area contributed by atoms with Gasteiger partial charge in [0.2, 0.25) is 11.8 Å². The Bertz CT molecular complexity index is 469. The summed E-state index contributed by atoms with van der Waals surface area (Å²) >= 11 is 1.46. The van der Waals surface area contributed by atoms with Crippen molar-refractivity contribution in [2.75, 3.05) is 25.7 Å². The number of methoxy groups -OCH3 is 1. The van der Waals surface area contributed by atoms with Crippen LogP contribution in [0, 0.1) is 0 Å². The van der Waals surface area contributed by atoms with Crippen LogP contribution in [0.4, 0.5) is 0 Å². The molecule has 0 rings (SSSR count). The maximum absolute atomic E-state index is 11.8. The first kappa shape index (κ1) is 20.9. The van der Waals surface area contributed by atoms with E-state index in [1.807, 2.05) is 6.26 Å². The number of hydrogen-bond donors (Lipinski definition) is 4. The highest BCUT2D eigenvalue weighted by molar-refractivity contribution is 7.98. The second kappa shape index (κ2) is 11.5. The van der Waals surface area contributed by atoms with Gasteiger partial charge >= 0.3 is 11.9 Å². The third-order valence-electron chi connectivity index (χ3n) is 2.63. The lowest BCUT2D eigenvalue weighted by Gasteiger charge is -2.17. The van der Waals surface area contributed by atoms with Gasteiger partial charge < -0.3 is 26.2 Å². The second-order valence-electron chi connectivity index (χ2n) is 4.39. The van der Waals surface area contributed by atoms with Gasteiger partial charge in [0, 0.05) is 18.7 Å². The summed E-state index contributed by atoms with van der Waals surface area (Å²) in [5, 5.41) is 13.6. The molecule has 0 aliphatic heterocycles. The van der Waals surface area contributed by atoms with Gasteiger partial charge in [-0.25, -0.2) is 9.59 Å². The van der Waals surface area contributed by atoms with Crippen LogP contribution < -0.4 is 16.4 Å². The predicted octanol–water partition coefficient (Wildman–Crippen LogP) is -1.52. The summed E-state index contributed by atoms with van der Waals surface area (Å²) in [6.07, 6.45) is 3.95. The molecule has 0 bridgehead atoms. The number of thioether (sulfide) groups is 1. The van der Waals surface area contributed by atoms with E-state index in [9.17, 15) is 19.2 Å². The van der Waals surface area contributed by atoms with Crippen molar-refractivity contribution in [3.8, 4) is 0 Å². The van der Waals surface area contributed by atoms with Crippen molar-refractivity contribution in [1.29, 1.82) is 0 Å². The normalized spacial score (nSPS) is 13.2. The van der Waals surface area contributed by atoms with Gasteiger partial charge in [0.05, 0.1) is 7.11 Å². The van der Waals surface area contributed by atoms with Crippen LogP contribution in [0.15, 0.2) is 12.2 Å². The number of carboxylic acid groups (broad SMARTS) is 1. The van der Waals surface area contributed by atoms with E-state index in [1.165, 1.54) is 18.9 Å². The molecule has 0 spiro atoms. The number of amides is 2. The minimum Gasteiger partial charge on any atom is -0.480 e. The molecule has 0 heterocycles. The maximum Gasteiger partial charge on any atom is 0.330 e. The first-order valence-corrected chi connectivity index (χ1v) is 8.02. The number of carboxylic acids is 1. The zero-order valence-electron chi connectivity index (χ0n) is 12.9. The quantitative estimate of drug-likeness (QED) is 0.275. The Hall–Kier alpha value is -2.07. The van der Waals surface area contributed by atoms with E-state index in [1.54, 1.807) is 0 Å². The zero-order valence-corrected chi connectivity index (χ0v) is 13.7. The van der Waals surface area contributed by atoms with Crippen molar-refractivity contribution in [2.24, 2.45) is 5.73 Å². The first-order valence-electron chi connectivity index (χ1n) is 6.63. The topological polar surface area (TPSA) is 148 Å².